The molecule has 88 valence electrons. The number of nitrogens with two attached hydrogens (primary N) is 1. The van der Waals surface area contributed by atoms with Gasteiger partial charge >= 0.3 is 0 Å². The Kier molecular flexibility index (Phi) is 3.61. The van der Waals surface area contributed by atoms with E-state index in [1.807, 2.05) is 11.4 Å². The second-order valence-corrected chi connectivity index (χ2v) is 5.43. The van der Waals surface area contributed by atoms with Crippen LogP contribution in [-0.2, 0) is 6.54 Å². The van der Waals surface area contributed by atoms with E-state index in [0.29, 0.717) is 11.6 Å². The predicted octanol–water partition coefficient (Wildman–Crippen LogP) is 2.13. The summed E-state index contributed by atoms with van der Waals surface area (Å²) >= 11 is 1.60. The standard InChI is InChI=1S/C12H18N2OS/c1-2-3-8-5-11(8)14-6-10-4-9(7-16-10)12(13)15/h4,7-8,11,14H,2-3,5-6H2,1H3,(H2,13,15). The maximum Gasteiger partial charge on any atom is 0.249 e. The zero-order chi connectivity index (χ0) is 11.5. The number of nitrogens with one attached hydrogen (secondary N) is 1. The molecule has 4 heteroatoms. The molecule has 16 heavy (non-hydrogen) atoms. The highest BCUT2D eigenvalue weighted by Gasteiger charge is 2.35. The van der Waals surface area contributed by atoms with E-state index in [-0.39, 0.29) is 5.91 Å². The van der Waals surface area contributed by atoms with Crippen LogP contribution in [0.25, 0.3) is 0 Å². The maximum atomic E-state index is 10.9. The lowest BCUT2D eigenvalue weighted by molar-refractivity contribution is 0.100. The first-order valence-electron chi connectivity index (χ1n) is 5.81. The van der Waals surface area contributed by atoms with Gasteiger partial charge in [-0.25, -0.2) is 0 Å². The van der Waals surface area contributed by atoms with Gasteiger partial charge in [0, 0.05) is 22.8 Å². The van der Waals surface area contributed by atoms with Crippen molar-refractivity contribution >= 4 is 17.2 Å². The molecule has 0 aromatic carbocycles. The molecule has 2 atom stereocenters. The molecule has 1 fully saturated rings. The maximum absolute atomic E-state index is 10.9. The largest absolute Gasteiger partial charge is 0.366 e. The van der Waals surface area contributed by atoms with Crippen molar-refractivity contribution in [2.75, 3.05) is 0 Å². The fourth-order valence-corrected chi connectivity index (χ4v) is 2.85. The second-order valence-electron chi connectivity index (χ2n) is 4.44. The van der Waals surface area contributed by atoms with Gasteiger partial charge in [0.25, 0.3) is 0 Å². The summed E-state index contributed by atoms with van der Waals surface area (Å²) in [6.45, 7) is 3.09. The first-order chi connectivity index (χ1) is 7.70. The van der Waals surface area contributed by atoms with Crippen molar-refractivity contribution in [1.82, 2.24) is 5.32 Å². The number of primary amides is 1. The minimum absolute atomic E-state index is 0.335. The van der Waals surface area contributed by atoms with Crippen molar-refractivity contribution < 1.29 is 4.79 Å². The van der Waals surface area contributed by atoms with Crippen molar-refractivity contribution in [3.63, 3.8) is 0 Å². The van der Waals surface area contributed by atoms with Crippen molar-refractivity contribution in [2.24, 2.45) is 11.7 Å². The predicted molar refractivity (Wildman–Crippen MR) is 66.5 cm³/mol. The summed E-state index contributed by atoms with van der Waals surface area (Å²) in [5.41, 5.74) is 5.83. The van der Waals surface area contributed by atoms with E-state index in [9.17, 15) is 4.79 Å². The molecular weight excluding hydrogens is 220 g/mol. The fraction of sp³-hybridized carbons (Fsp3) is 0.583. The number of amides is 1. The molecule has 1 aromatic rings. The van der Waals surface area contributed by atoms with E-state index in [1.54, 1.807) is 11.3 Å². The average molecular weight is 238 g/mol. The monoisotopic (exact) mass is 238 g/mol. The molecule has 0 bridgehead atoms. The minimum atomic E-state index is -0.335. The van der Waals surface area contributed by atoms with E-state index < -0.39 is 0 Å². The van der Waals surface area contributed by atoms with E-state index >= 15 is 0 Å². The van der Waals surface area contributed by atoms with Gasteiger partial charge in [-0.15, -0.1) is 11.3 Å². The Morgan fingerprint density at radius 2 is 2.50 bits per heavy atom. The van der Waals surface area contributed by atoms with Crippen molar-refractivity contribution in [3.05, 3.63) is 21.9 Å². The van der Waals surface area contributed by atoms with Crippen molar-refractivity contribution in [3.8, 4) is 0 Å². The van der Waals surface area contributed by atoms with E-state index in [4.69, 9.17) is 5.73 Å². The normalized spacial score (nSPS) is 23.3. The third-order valence-electron chi connectivity index (χ3n) is 3.06. The zero-order valence-corrected chi connectivity index (χ0v) is 10.3. The number of rotatable bonds is 6. The van der Waals surface area contributed by atoms with Gasteiger partial charge in [0.15, 0.2) is 0 Å². The zero-order valence-electron chi connectivity index (χ0n) is 9.53. The van der Waals surface area contributed by atoms with Gasteiger partial charge in [-0.1, -0.05) is 13.3 Å². The number of hydrogen-bond donors (Lipinski definition) is 2. The molecule has 1 aliphatic rings. The molecule has 0 aliphatic heterocycles. The van der Waals surface area contributed by atoms with Crippen LogP contribution in [0.15, 0.2) is 11.4 Å². The van der Waals surface area contributed by atoms with Crippen molar-refractivity contribution in [2.45, 2.75) is 38.8 Å². The highest BCUT2D eigenvalue weighted by molar-refractivity contribution is 7.10. The van der Waals surface area contributed by atoms with Gasteiger partial charge in [-0.05, 0) is 24.8 Å². The number of hydrogen-bond acceptors (Lipinski definition) is 3. The molecule has 2 unspecified atom stereocenters. The average Bonchev–Trinajstić information content (AvgIpc) is 2.80. The summed E-state index contributed by atoms with van der Waals surface area (Å²) in [7, 11) is 0. The van der Waals surface area contributed by atoms with Crippen molar-refractivity contribution in [1.29, 1.82) is 0 Å². The molecular formula is C12H18N2OS. The van der Waals surface area contributed by atoms with Crippen LogP contribution in [0, 0.1) is 5.92 Å². The first-order valence-corrected chi connectivity index (χ1v) is 6.69. The Balaban J connectivity index is 1.76. The third-order valence-corrected chi connectivity index (χ3v) is 4.00. The molecule has 1 aromatic heterocycles. The number of carbonyl (C=O) groups is 1. The Bertz CT molecular complexity index is 375. The Hall–Kier alpha value is -0.870. The quantitative estimate of drug-likeness (QED) is 0.797. The van der Waals surface area contributed by atoms with Crippen LogP contribution in [0.2, 0.25) is 0 Å². The number of thiophene rings is 1. The SMILES string of the molecule is CCCC1CC1NCc1cc(C(N)=O)cs1. The molecule has 0 spiro atoms. The van der Waals surface area contributed by atoms with Crippen LogP contribution in [0.4, 0.5) is 0 Å². The second kappa shape index (κ2) is 4.97. The molecule has 1 heterocycles. The summed E-state index contributed by atoms with van der Waals surface area (Å²) < 4.78 is 0. The lowest BCUT2D eigenvalue weighted by Crippen LogP contribution is -2.17. The van der Waals surface area contributed by atoms with Crippen LogP contribution in [0.1, 0.15) is 41.4 Å². The molecule has 1 aliphatic carbocycles. The Morgan fingerprint density at radius 3 is 3.12 bits per heavy atom. The lowest BCUT2D eigenvalue weighted by Gasteiger charge is -2.00. The minimum Gasteiger partial charge on any atom is -0.366 e. The molecule has 1 amide bonds. The fourth-order valence-electron chi connectivity index (χ4n) is 2.02. The van der Waals surface area contributed by atoms with Crippen LogP contribution >= 0.6 is 11.3 Å². The summed E-state index contributed by atoms with van der Waals surface area (Å²) in [5.74, 6) is 0.540. The molecule has 1 saturated carbocycles. The molecule has 2 rings (SSSR count). The van der Waals surface area contributed by atoms with Crippen LogP contribution in [0.3, 0.4) is 0 Å². The van der Waals surface area contributed by atoms with Gasteiger partial charge in [0.2, 0.25) is 5.91 Å². The van der Waals surface area contributed by atoms with Crippen LogP contribution in [-0.4, -0.2) is 11.9 Å². The summed E-state index contributed by atoms with van der Waals surface area (Å²) in [6, 6.07) is 2.58. The topological polar surface area (TPSA) is 55.1 Å². The first kappa shape index (κ1) is 11.6. The molecule has 0 saturated heterocycles. The Morgan fingerprint density at radius 1 is 1.69 bits per heavy atom. The van der Waals surface area contributed by atoms with Gasteiger partial charge < -0.3 is 11.1 Å². The van der Waals surface area contributed by atoms with Gasteiger partial charge in [-0.3, -0.25) is 4.79 Å². The Labute approximate surface area is 100 Å². The summed E-state index contributed by atoms with van der Waals surface area (Å²) in [6.07, 6.45) is 3.91. The molecule has 3 nitrogen and oxygen atoms in total. The lowest BCUT2D eigenvalue weighted by atomic mass is 10.2. The summed E-state index contributed by atoms with van der Waals surface area (Å²) in [4.78, 5) is 12.1. The number of carbonyl (C=O) groups excluding carboxylic acids is 1. The molecule has 0 radical (unpaired) electrons. The van der Waals surface area contributed by atoms with Gasteiger partial charge in [-0.2, -0.15) is 0 Å². The van der Waals surface area contributed by atoms with E-state index in [2.05, 4.69) is 12.2 Å². The highest BCUT2D eigenvalue weighted by Crippen LogP contribution is 2.34. The van der Waals surface area contributed by atoms with Crippen LogP contribution < -0.4 is 11.1 Å². The highest BCUT2D eigenvalue weighted by atomic mass is 32.1. The van der Waals surface area contributed by atoms with E-state index in [0.717, 1.165) is 12.5 Å². The van der Waals surface area contributed by atoms with Gasteiger partial charge in [0.1, 0.15) is 0 Å². The van der Waals surface area contributed by atoms with Gasteiger partial charge in [0.05, 0.1) is 5.56 Å². The smallest absolute Gasteiger partial charge is 0.249 e. The van der Waals surface area contributed by atoms with E-state index in [1.165, 1.54) is 24.1 Å². The van der Waals surface area contributed by atoms with Crippen LogP contribution in [0.5, 0.6) is 0 Å². The molecule has 3 N–H and O–H groups in total. The summed E-state index contributed by atoms with van der Waals surface area (Å²) in [5, 5.41) is 5.35. The third kappa shape index (κ3) is 2.83.